The zero-order chi connectivity index (χ0) is 26.1. The molecular formula is C27H30N2O6S. The lowest BCUT2D eigenvalue weighted by Gasteiger charge is -2.19. The number of ether oxygens (including phenoxy) is 2. The van der Waals surface area contributed by atoms with Crippen molar-refractivity contribution in [2.24, 2.45) is 0 Å². The molecule has 0 saturated carbocycles. The van der Waals surface area contributed by atoms with Crippen molar-refractivity contribution in [3.05, 3.63) is 89.5 Å². The number of anilines is 1. The van der Waals surface area contributed by atoms with E-state index in [0.29, 0.717) is 29.2 Å². The van der Waals surface area contributed by atoms with E-state index in [1.165, 1.54) is 24.3 Å². The minimum atomic E-state index is -4.02. The van der Waals surface area contributed by atoms with Crippen LogP contribution in [-0.2, 0) is 26.0 Å². The zero-order valence-corrected chi connectivity index (χ0v) is 21.3. The molecule has 0 radical (unpaired) electrons. The Morgan fingerprint density at radius 1 is 0.917 bits per heavy atom. The van der Waals surface area contributed by atoms with Crippen molar-refractivity contribution in [1.29, 1.82) is 0 Å². The van der Waals surface area contributed by atoms with Crippen LogP contribution >= 0.6 is 0 Å². The second kappa shape index (κ2) is 12.3. The van der Waals surface area contributed by atoms with E-state index in [-0.39, 0.29) is 17.9 Å². The quantitative estimate of drug-likeness (QED) is 0.376. The van der Waals surface area contributed by atoms with Crippen molar-refractivity contribution in [2.75, 3.05) is 18.5 Å². The number of carbonyl (C=O) groups excluding carboxylic acids is 2. The van der Waals surface area contributed by atoms with Crippen LogP contribution in [0.25, 0.3) is 0 Å². The third-order valence-corrected chi connectivity index (χ3v) is 6.79. The minimum absolute atomic E-state index is 0.0353. The van der Waals surface area contributed by atoms with E-state index in [2.05, 4.69) is 10.0 Å². The van der Waals surface area contributed by atoms with Crippen LogP contribution in [0.1, 0.15) is 35.3 Å². The van der Waals surface area contributed by atoms with Crippen LogP contribution in [0.3, 0.4) is 0 Å². The highest BCUT2D eigenvalue weighted by atomic mass is 32.2. The Labute approximate surface area is 211 Å². The maximum atomic E-state index is 13.2. The lowest BCUT2D eigenvalue weighted by Crippen LogP contribution is -2.45. The summed E-state index contributed by atoms with van der Waals surface area (Å²) in [7, 11) is -4.02. The molecule has 1 unspecified atom stereocenters. The Hall–Kier alpha value is -3.69. The standard InChI is InChI=1S/C27H30N2O6S/c1-4-34-25-16-15-23(17-19(25)3)36(32,33)29-24(18-20-9-7-6-8-10-20)26(30)28-22-13-11-21(12-14-22)27(31)35-5-2/h6-17,24,29H,4-5,18H2,1-3H3,(H,28,30). The van der Waals surface area contributed by atoms with Crippen LogP contribution in [0.15, 0.2) is 77.7 Å². The molecule has 1 amide bonds. The molecule has 0 aliphatic carbocycles. The molecule has 1 atom stereocenters. The van der Waals surface area contributed by atoms with E-state index in [9.17, 15) is 18.0 Å². The van der Waals surface area contributed by atoms with Gasteiger partial charge in [-0.2, -0.15) is 4.72 Å². The lowest BCUT2D eigenvalue weighted by molar-refractivity contribution is -0.117. The Morgan fingerprint density at radius 3 is 2.22 bits per heavy atom. The first-order valence-corrected chi connectivity index (χ1v) is 13.1. The first-order chi connectivity index (χ1) is 17.2. The van der Waals surface area contributed by atoms with Crippen LogP contribution in [0.4, 0.5) is 5.69 Å². The smallest absolute Gasteiger partial charge is 0.338 e. The van der Waals surface area contributed by atoms with Crippen LogP contribution < -0.4 is 14.8 Å². The molecule has 3 aromatic carbocycles. The molecule has 0 spiro atoms. The molecule has 9 heteroatoms. The van der Waals surface area contributed by atoms with Gasteiger partial charge in [0.15, 0.2) is 0 Å². The van der Waals surface area contributed by atoms with Crippen molar-refractivity contribution in [2.45, 2.75) is 38.1 Å². The van der Waals surface area contributed by atoms with Crippen molar-refractivity contribution in [3.8, 4) is 5.75 Å². The molecule has 3 rings (SSSR count). The largest absolute Gasteiger partial charge is 0.494 e. The number of esters is 1. The van der Waals surface area contributed by atoms with Gasteiger partial charge in [0, 0.05) is 5.69 Å². The fraction of sp³-hybridized carbons (Fsp3) is 0.259. The van der Waals surface area contributed by atoms with Gasteiger partial charge in [-0.05, 0) is 80.8 Å². The van der Waals surface area contributed by atoms with Gasteiger partial charge in [0.2, 0.25) is 15.9 Å². The van der Waals surface area contributed by atoms with Gasteiger partial charge in [0.1, 0.15) is 11.8 Å². The number of nitrogens with one attached hydrogen (secondary N) is 2. The molecule has 190 valence electrons. The second-order valence-corrected chi connectivity index (χ2v) is 9.72. The summed E-state index contributed by atoms with van der Waals surface area (Å²) < 4.78 is 39.4. The summed E-state index contributed by atoms with van der Waals surface area (Å²) in [5.74, 6) is -0.397. The average molecular weight is 511 g/mol. The number of hydrogen-bond donors (Lipinski definition) is 2. The molecule has 8 nitrogen and oxygen atoms in total. The van der Waals surface area contributed by atoms with Gasteiger partial charge >= 0.3 is 5.97 Å². The average Bonchev–Trinajstić information content (AvgIpc) is 2.86. The van der Waals surface area contributed by atoms with Gasteiger partial charge in [-0.3, -0.25) is 4.79 Å². The summed E-state index contributed by atoms with van der Waals surface area (Å²) in [5.41, 5.74) is 2.23. The van der Waals surface area contributed by atoms with E-state index in [1.54, 1.807) is 32.0 Å². The van der Waals surface area contributed by atoms with Gasteiger partial charge in [-0.25, -0.2) is 13.2 Å². The SMILES string of the molecule is CCOC(=O)c1ccc(NC(=O)C(Cc2ccccc2)NS(=O)(=O)c2ccc(OCC)c(C)c2)cc1. The van der Waals surface area contributed by atoms with Crippen molar-refractivity contribution >= 4 is 27.6 Å². The van der Waals surface area contributed by atoms with Gasteiger partial charge in [-0.15, -0.1) is 0 Å². The highest BCUT2D eigenvalue weighted by molar-refractivity contribution is 7.89. The third-order valence-electron chi connectivity index (χ3n) is 5.32. The predicted molar refractivity (Wildman–Crippen MR) is 138 cm³/mol. The molecule has 2 N–H and O–H groups in total. The molecule has 3 aromatic rings. The third kappa shape index (κ3) is 7.16. The van der Waals surface area contributed by atoms with E-state index in [0.717, 1.165) is 5.56 Å². The molecule has 0 aliphatic rings. The maximum Gasteiger partial charge on any atom is 0.338 e. The summed E-state index contributed by atoms with van der Waals surface area (Å²) in [6.45, 7) is 6.05. The number of benzene rings is 3. The van der Waals surface area contributed by atoms with Gasteiger partial charge in [0.05, 0.1) is 23.7 Å². The Bertz CT molecular complexity index is 1290. The molecule has 0 aromatic heterocycles. The first kappa shape index (κ1) is 26.9. The van der Waals surface area contributed by atoms with Crippen LogP contribution in [0.5, 0.6) is 5.75 Å². The number of hydrogen-bond acceptors (Lipinski definition) is 6. The van der Waals surface area contributed by atoms with Crippen molar-refractivity contribution in [1.82, 2.24) is 4.72 Å². The van der Waals surface area contributed by atoms with Crippen LogP contribution in [-0.4, -0.2) is 39.5 Å². The predicted octanol–water partition coefficient (Wildman–Crippen LogP) is 4.10. The summed E-state index contributed by atoms with van der Waals surface area (Å²) in [6.07, 6.45) is 0.142. The summed E-state index contributed by atoms with van der Waals surface area (Å²) in [5, 5.41) is 2.73. The van der Waals surface area contributed by atoms with Crippen LogP contribution in [0.2, 0.25) is 0 Å². The fourth-order valence-electron chi connectivity index (χ4n) is 3.53. The molecule has 0 bridgehead atoms. The molecule has 0 heterocycles. The Balaban J connectivity index is 1.82. The normalized spacial score (nSPS) is 12.0. The highest BCUT2D eigenvalue weighted by Crippen LogP contribution is 2.22. The number of aryl methyl sites for hydroxylation is 1. The minimum Gasteiger partial charge on any atom is -0.494 e. The molecule has 0 aliphatic heterocycles. The maximum absolute atomic E-state index is 13.2. The zero-order valence-electron chi connectivity index (χ0n) is 20.5. The van der Waals surface area contributed by atoms with Gasteiger partial charge in [-0.1, -0.05) is 30.3 Å². The van der Waals surface area contributed by atoms with Gasteiger partial charge in [0.25, 0.3) is 0 Å². The van der Waals surface area contributed by atoms with Crippen molar-refractivity contribution in [3.63, 3.8) is 0 Å². The summed E-state index contributed by atoms with van der Waals surface area (Å²) >= 11 is 0. The number of amides is 1. The molecule has 0 saturated heterocycles. The number of carbonyl (C=O) groups is 2. The van der Waals surface area contributed by atoms with E-state index in [1.807, 2.05) is 37.3 Å². The second-order valence-electron chi connectivity index (χ2n) is 8.01. The van der Waals surface area contributed by atoms with E-state index in [4.69, 9.17) is 9.47 Å². The Morgan fingerprint density at radius 2 is 1.61 bits per heavy atom. The molecular weight excluding hydrogens is 480 g/mol. The number of rotatable bonds is 11. The monoisotopic (exact) mass is 510 g/mol. The first-order valence-electron chi connectivity index (χ1n) is 11.6. The van der Waals surface area contributed by atoms with E-state index >= 15 is 0 Å². The van der Waals surface area contributed by atoms with E-state index < -0.39 is 27.9 Å². The topological polar surface area (TPSA) is 111 Å². The molecule has 0 fully saturated rings. The fourth-order valence-corrected chi connectivity index (χ4v) is 4.81. The van der Waals surface area contributed by atoms with Crippen molar-refractivity contribution < 1.29 is 27.5 Å². The van der Waals surface area contributed by atoms with Crippen LogP contribution in [0, 0.1) is 6.92 Å². The summed E-state index contributed by atoms with van der Waals surface area (Å²) in [4.78, 5) is 25.1. The lowest BCUT2D eigenvalue weighted by atomic mass is 10.1. The summed E-state index contributed by atoms with van der Waals surface area (Å²) in [6, 6.07) is 18.8. The Kier molecular flexibility index (Phi) is 9.21. The highest BCUT2D eigenvalue weighted by Gasteiger charge is 2.27. The molecule has 36 heavy (non-hydrogen) atoms. The number of sulfonamides is 1. The van der Waals surface area contributed by atoms with Gasteiger partial charge < -0.3 is 14.8 Å².